The Bertz CT molecular complexity index is 583. The third-order valence-electron chi connectivity index (χ3n) is 4.83. The zero-order chi connectivity index (χ0) is 13.4. The van der Waals surface area contributed by atoms with Gasteiger partial charge in [0.15, 0.2) is 0 Å². The predicted molar refractivity (Wildman–Crippen MR) is 74.8 cm³/mol. The van der Waals surface area contributed by atoms with Crippen LogP contribution in [0.5, 0.6) is 0 Å². The van der Waals surface area contributed by atoms with Crippen LogP contribution in [-0.4, -0.2) is 5.91 Å². The fourth-order valence-corrected chi connectivity index (χ4v) is 19.4. The molecule has 2 nitrogen and oxygen atoms in total. The van der Waals surface area contributed by atoms with Gasteiger partial charge in [-0.15, -0.1) is 0 Å². The SMILES string of the molecule is [CH3][Ti]1([CH3])([CH3])([CH3])([Cl])([Cl])([NH]C(=O)C2=CC=CC2)[CH2][CH2]1. The van der Waals surface area contributed by atoms with Gasteiger partial charge in [0.05, 0.1) is 0 Å². The Morgan fingerprint density at radius 2 is 1.76 bits per heavy atom. The zero-order valence-electron chi connectivity index (χ0n) is 11.0. The van der Waals surface area contributed by atoms with E-state index in [2.05, 4.69) is 3.80 Å². The average molecular weight is 315 g/mol. The number of hydrogen-bond donors (Lipinski definition) is 1. The Kier molecular flexibility index (Phi) is 1.25. The Morgan fingerprint density at radius 1 is 1.24 bits per heavy atom. The zero-order valence-corrected chi connectivity index (χ0v) is 14.1. The molecular weight excluding hydrogens is 293 g/mol. The third kappa shape index (κ3) is 2.51. The van der Waals surface area contributed by atoms with Crippen LogP contribution in [0.3, 0.4) is 0 Å². The molecule has 1 aliphatic heterocycles. The maximum absolute atomic E-state index is 12.4. The molecule has 1 aliphatic carbocycles. The van der Waals surface area contributed by atoms with E-state index in [-0.39, 0.29) is 5.91 Å². The minimum atomic E-state index is -5.60. The Balaban J connectivity index is 2.50. The van der Waals surface area contributed by atoms with Gasteiger partial charge in [0.25, 0.3) is 0 Å². The molecule has 1 heterocycles. The fourth-order valence-electron chi connectivity index (χ4n) is 2.18. The summed E-state index contributed by atoms with van der Waals surface area (Å²) >= 11 is 0. The van der Waals surface area contributed by atoms with Crippen LogP contribution in [-0.2, 0) is 13.1 Å². The van der Waals surface area contributed by atoms with Crippen molar-refractivity contribution in [3.05, 3.63) is 23.8 Å². The molecule has 2 rings (SSSR count). The second-order valence-electron chi connectivity index (χ2n) is 12.0. The van der Waals surface area contributed by atoms with E-state index >= 15 is 0 Å². The summed E-state index contributed by atoms with van der Waals surface area (Å²) in [6, 6.07) is 0. The van der Waals surface area contributed by atoms with Crippen molar-refractivity contribution >= 4 is 24.5 Å². The Hall–Kier alpha value is 0.244. The van der Waals surface area contributed by atoms with Gasteiger partial charge in [-0.25, -0.2) is 0 Å². The number of hydrogen-bond acceptors (Lipinski definition) is 1. The number of carbonyl (C=O) groups excluding carboxylic acids is 1. The van der Waals surface area contributed by atoms with E-state index in [1.807, 2.05) is 39.1 Å². The van der Waals surface area contributed by atoms with Crippen molar-refractivity contribution in [1.29, 1.82) is 0 Å². The molecule has 5 heteroatoms. The molecule has 99 valence electrons. The Morgan fingerprint density at radius 3 is 2.12 bits per heavy atom. The molecule has 0 saturated carbocycles. The van der Waals surface area contributed by atoms with Crippen molar-refractivity contribution in [1.82, 2.24) is 3.80 Å². The number of carbonyl (C=O) groups is 1. The van der Waals surface area contributed by atoms with Gasteiger partial charge in [0.1, 0.15) is 0 Å². The molecule has 1 fully saturated rings. The van der Waals surface area contributed by atoms with Crippen LogP contribution in [0.25, 0.3) is 0 Å². The second kappa shape index (κ2) is 1.56. The summed E-state index contributed by atoms with van der Waals surface area (Å²) in [6.45, 7) is 0. The fraction of sp³-hybridized carbons (Fsp3) is 0.583. The summed E-state index contributed by atoms with van der Waals surface area (Å²) in [5.41, 5.74) is 0.720. The van der Waals surface area contributed by atoms with E-state index in [1.165, 1.54) is 0 Å². The average Bonchev–Trinajstić information content (AvgIpc) is 2.50. The van der Waals surface area contributed by atoms with E-state index < -0.39 is 8.31 Å². The van der Waals surface area contributed by atoms with Gasteiger partial charge in [-0.1, -0.05) is 0 Å². The molecule has 1 N–H and O–H groups in total. The molecule has 0 aromatic carbocycles. The number of allylic oxidation sites excluding steroid dienone is 3. The molecule has 0 atom stereocenters. The summed E-state index contributed by atoms with van der Waals surface area (Å²) in [4.78, 5) is 12.4. The van der Waals surface area contributed by atoms with Crippen molar-refractivity contribution in [3.63, 3.8) is 0 Å². The first-order valence-electron chi connectivity index (χ1n) is 6.26. The molecule has 0 unspecified atom stereocenters. The van der Waals surface area contributed by atoms with E-state index in [0.717, 1.165) is 5.57 Å². The van der Waals surface area contributed by atoms with Crippen LogP contribution in [0.15, 0.2) is 23.8 Å². The van der Waals surface area contributed by atoms with Crippen molar-refractivity contribution in [2.45, 2.75) is 36.8 Å². The quantitative estimate of drug-likeness (QED) is 0.707. The van der Waals surface area contributed by atoms with Gasteiger partial charge in [-0.2, -0.15) is 0 Å². The van der Waals surface area contributed by atoms with Crippen LogP contribution >= 0.6 is 18.6 Å². The normalized spacial score (nSPS) is 50.0. The minimum absolute atomic E-state index is 0.143. The summed E-state index contributed by atoms with van der Waals surface area (Å²) in [5, 5.41) is 7.52. The third-order valence-corrected chi connectivity index (χ3v) is 20.5. The number of rotatable bonds is 2. The van der Waals surface area contributed by atoms with Gasteiger partial charge in [-0.05, 0) is 0 Å². The van der Waals surface area contributed by atoms with E-state index in [9.17, 15) is 4.79 Å². The van der Waals surface area contributed by atoms with Crippen molar-refractivity contribution in [2.75, 3.05) is 0 Å². The second-order valence-corrected chi connectivity index (χ2v) is 65.2. The van der Waals surface area contributed by atoms with Crippen LogP contribution in [0.2, 0.25) is 30.4 Å². The standard InChI is InChI=1S/C6H7NO.C2H4.4CH3.2ClH.Ti/c7-6(8)5-3-1-2-4-5;1-2;;;;;;;/h1-3H,4H2,(H2,7,8);1-2H2;4*1H3;2*1H;/q;;;;;;;;+3/p-3. The first-order chi connectivity index (χ1) is 6.84. The molecule has 17 heavy (non-hydrogen) atoms. The van der Waals surface area contributed by atoms with Gasteiger partial charge in [0.2, 0.25) is 0 Å². The van der Waals surface area contributed by atoms with Crippen molar-refractivity contribution in [3.8, 4) is 0 Å². The van der Waals surface area contributed by atoms with Crippen molar-refractivity contribution < 1.29 is 13.1 Å². The van der Waals surface area contributed by atoms with Gasteiger partial charge in [-0.3, -0.25) is 0 Å². The molecule has 2 aliphatic rings. The Labute approximate surface area is 101 Å². The van der Waals surface area contributed by atoms with Crippen molar-refractivity contribution in [2.24, 2.45) is 0 Å². The van der Waals surface area contributed by atoms with Gasteiger partial charge in [0, 0.05) is 0 Å². The first kappa shape index (κ1) is 13.7. The molecule has 0 spiro atoms. The van der Waals surface area contributed by atoms with Gasteiger partial charge < -0.3 is 0 Å². The molecule has 0 aromatic heterocycles. The predicted octanol–water partition coefficient (Wildman–Crippen LogP) is 5.09. The van der Waals surface area contributed by atoms with Gasteiger partial charge >= 0.3 is 102 Å². The molecule has 1 saturated heterocycles. The molecule has 0 aromatic rings. The summed E-state index contributed by atoms with van der Waals surface area (Å²) in [7, 11) is 8.66. The molecule has 1 amide bonds. The van der Waals surface area contributed by atoms with E-state index in [1.54, 1.807) is 0 Å². The van der Waals surface area contributed by atoms with Crippen LogP contribution < -0.4 is 3.80 Å². The first-order valence-corrected chi connectivity index (χ1v) is 19.8. The number of halogens is 2. The maximum atomic E-state index is 12.4. The molecule has 0 radical (unpaired) electrons. The topological polar surface area (TPSA) is 29.1 Å². The van der Waals surface area contributed by atoms with Crippen LogP contribution in [0, 0.1) is 0 Å². The summed E-state index contributed by atoms with van der Waals surface area (Å²) < 4.78 is 4.36. The monoisotopic (exact) mass is 314 g/mol. The van der Waals surface area contributed by atoms with Crippen LogP contribution in [0.1, 0.15) is 6.42 Å². The molecule has 0 bridgehead atoms. The van der Waals surface area contributed by atoms with Crippen LogP contribution in [0.4, 0.5) is 0 Å². The number of amides is 1. The number of nitrogens with one attached hydrogen (secondary N) is 1. The van der Waals surface area contributed by atoms with E-state index in [0.29, 0.717) is 15.9 Å². The molecular formula is C12H22Cl2NOTi. The van der Waals surface area contributed by atoms with E-state index in [4.69, 9.17) is 18.6 Å². The summed E-state index contributed by atoms with van der Waals surface area (Å²) in [6.07, 6.45) is 6.29. The summed E-state index contributed by atoms with van der Waals surface area (Å²) in [5.74, 6) is -0.143.